The number of hydrogen-bond acceptors (Lipinski definition) is 2. The molecule has 0 bridgehead atoms. The molecule has 1 N–H and O–H groups in total. The summed E-state index contributed by atoms with van der Waals surface area (Å²) in [6.07, 6.45) is 0. The van der Waals surface area contributed by atoms with Gasteiger partial charge in [-0.05, 0) is 31.2 Å². The molecule has 2 nitrogen and oxygen atoms in total. The van der Waals surface area contributed by atoms with Crippen LogP contribution in [-0.4, -0.2) is 30.6 Å². The zero-order valence-corrected chi connectivity index (χ0v) is 10.7. The van der Waals surface area contributed by atoms with Crippen LogP contribution in [0.1, 0.15) is 25.5 Å². The second-order valence-corrected chi connectivity index (χ2v) is 4.81. The van der Waals surface area contributed by atoms with Crippen LogP contribution < -0.4 is 5.32 Å². The third-order valence-corrected chi connectivity index (χ3v) is 3.66. The van der Waals surface area contributed by atoms with Crippen LogP contribution in [0.3, 0.4) is 0 Å². The molecule has 1 heterocycles. The van der Waals surface area contributed by atoms with Crippen LogP contribution in [0.2, 0.25) is 5.02 Å². The summed E-state index contributed by atoms with van der Waals surface area (Å²) in [6, 6.07) is 9.31. The predicted molar refractivity (Wildman–Crippen MR) is 68.9 cm³/mol. The van der Waals surface area contributed by atoms with Crippen molar-refractivity contribution in [3.05, 3.63) is 34.9 Å². The molecule has 88 valence electrons. The second kappa shape index (κ2) is 5.17. The Labute approximate surface area is 103 Å². The van der Waals surface area contributed by atoms with E-state index in [1.807, 2.05) is 12.1 Å². The van der Waals surface area contributed by atoms with Gasteiger partial charge in [-0.15, -0.1) is 0 Å². The van der Waals surface area contributed by atoms with E-state index in [1.165, 1.54) is 5.56 Å². The minimum Gasteiger partial charge on any atom is -0.314 e. The summed E-state index contributed by atoms with van der Waals surface area (Å²) in [5, 5.41) is 4.15. The van der Waals surface area contributed by atoms with E-state index in [0.717, 1.165) is 24.7 Å². The minimum atomic E-state index is 0.441. The molecule has 1 unspecified atom stereocenters. The highest BCUT2D eigenvalue weighted by Crippen LogP contribution is 2.25. The van der Waals surface area contributed by atoms with Gasteiger partial charge in [0.1, 0.15) is 0 Å². The van der Waals surface area contributed by atoms with Crippen LogP contribution in [-0.2, 0) is 0 Å². The monoisotopic (exact) mass is 238 g/mol. The highest BCUT2D eigenvalue weighted by molar-refractivity contribution is 6.30. The van der Waals surface area contributed by atoms with Gasteiger partial charge in [-0.2, -0.15) is 0 Å². The van der Waals surface area contributed by atoms with Crippen LogP contribution in [0.4, 0.5) is 0 Å². The van der Waals surface area contributed by atoms with Gasteiger partial charge in [0, 0.05) is 30.2 Å². The van der Waals surface area contributed by atoms with E-state index in [2.05, 4.69) is 36.2 Å². The van der Waals surface area contributed by atoms with Crippen molar-refractivity contribution in [1.29, 1.82) is 0 Å². The molecule has 0 radical (unpaired) electrons. The number of halogens is 1. The van der Waals surface area contributed by atoms with Crippen molar-refractivity contribution < 1.29 is 0 Å². The average Bonchev–Trinajstić information content (AvgIpc) is 2.22. The lowest BCUT2D eigenvalue weighted by Crippen LogP contribution is -2.57. The average molecular weight is 239 g/mol. The van der Waals surface area contributed by atoms with Gasteiger partial charge in [0.15, 0.2) is 0 Å². The highest BCUT2D eigenvalue weighted by atomic mass is 35.5. The van der Waals surface area contributed by atoms with Crippen LogP contribution in [0.15, 0.2) is 24.3 Å². The van der Waals surface area contributed by atoms with Gasteiger partial charge in [0.2, 0.25) is 0 Å². The molecule has 1 fully saturated rings. The van der Waals surface area contributed by atoms with Gasteiger partial charge in [-0.25, -0.2) is 0 Å². The van der Waals surface area contributed by atoms with Crippen molar-refractivity contribution >= 4 is 11.6 Å². The van der Waals surface area contributed by atoms with E-state index < -0.39 is 0 Å². The van der Waals surface area contributed by atoms with Crippen molar-refractivity contribution in [2.24, 2.45) is 0 Å². The van der Waals surface area contributed by atoms with Gasteiger partial charge in [0.05, 0.1) is 0 Å². The molecule has 16 heavy (non-hydrogen) atoms. The van der Waals surface area contributed by atoms with Crippen molar-refractivity contribution in [2.75, 3.05) is 19.6 Å². The summed E-state index contributed by atoms with van der Waals surface area (Å²) in [5.41, 5.74) is 1.31. The Kier molecular flexibility index (Phi) is 3.85. The molecule has 1 aliphatic rings. The summed E-state index contributed by atoms with van der Waals surface area (Å²) in [7, 11) is 0. The molecular weight excluding hydrogens is 220 g/mol. The third-order valence-electron chi connectivity index (χ3n) is 3.42. The van der Waals surface area contributed by atoms with Crippen LogP contribution in [0.5, 0.6) is 0 Å². The number of hydrogen-bond donors (Lipinski definition) is 1. The third kappa shape index (κ3) is 2.40. The van der Waals surface area contributed by atoms with Crippen LogP contribution >= 0.6 is 11.6 Å². The fourth-order valence-electron chi connectivity index (χ4n) is 2.31. The number of nitrogens with one attached hydrogen (secondary N) is 1. The zero-order valence-electron chi connectivity index (χ0n) is 9.91. The first-order valence-electron chi connectivity index (χ1n) is 5.94. The fraction of sp³-hybridized carbons (Fsp3) is 0.538. The lowest BCUT2D eigenvalue weighted by Gasteiger charge is -2.41. The number of nitrogens with zero attached hydrogens (tertiary/aromatic N) is 1. The van der Waals surface area contributed by atoms with E-state index in [9.17, 15) is 0 Å². The molecule has 3 heteroatoms. The molecule has 1 atom stereocenters. The first-order chi connectivity index (χ1) is 7.72. The first-order valence-corrected chi connectivity index (χ1v) is 6.32. The summed E-state index contributed by atoms with van der Waals surface area (Å²) in [6.45, 7) is 7.78. The summed E-state index contributed by atoms with van der Waals surface area (Å²) in [4.78, 5) is 2.53. The number of benzene rings is 1. The molecule has 2 rings (SSSR count). The molecule has 0 aromatic heterocycles. The largest absolute Gasteiger partial charge is 0.314 e. The Bertz CT molecular complexity index is 350. The summed E-state index contributed by atoms with van der Waals surface area (Å²) in [5.74, 6) is 0. The topological polar surface area (TPSA) is 15.3 Å². The lowest BCUT2D eigenvalue weighted by molar-refractivity contribution is 0.110. The Morgan fingerprint density at radius 2 is 2.25 bits per heavy atom. The molecule has 0 amide bonds. The van der Waals surface area contributed by atoms with Crippen LogP contribution in [0, 0.1) is 0 Å². The molecule has 1 saturated heterocycles. The lowest BCUT2D eigenvalue weighted by atomic mass is 10.0. The maximum Gasteiger partial charge on any atom is 0.0409 e. The van der Waals surface area contributed by atoms with Crippen LogP contribution in [0.25, 0.3) is 0 Å². The minimum absolute atomic E-state index is 0.441. The highest BCUT2D eigenvalue weighted by Gasteiger charge is 2.27. The smallest absolute Gasteiger partial charge is 0.0409 e. The van der Waals surface area contributed by atoms with Crippen molar-refractivity contribution in [2.45, 2.75) is 25.9 Å². The zero-order chi connectivity index (χ0) is 11.5. The predicted octanol–water partition coefficient (Wildman–Crippen LogP) is 2.69. The molecule has 1 aromatic rings. The Hall–Kier alpha value is -0.570. The van der Waals surface area contributed by atoms with Crippen molar-refractivity contribution in [3.63, 3.8) is 0 Å². The maximum absolute atomic E-state index is 6.03. The second-order valence-electron chi connectivity index (χ2n) is 4.37. The SMILES string of the molecule is CCN(C1CNC1)C(C)c1cccc(Cl)c1. The standard InChI is InChI=1S/C13H19ClN2/c1-3-16(13-8-15-9-13)10(2)11-5-4-6-12(14)7-11/h4-7,10,13,15H,3,8-9H2,1-2H3. The molecule has 0 saturated carbocycles. The van der Waals surface area contributed by atoms with Gasteiger partial charge in [-0.3, -0.25) is 4.90 Å². The van der Waals surface area contributed by atoms with Gasteiger partial charge >= 0.3 is 0 Å². The summed E-state index contributed by atoms with van der Waals surface area (Å²) >= 11 is 6.03. The van der Waals surface area contributed by atoms with Gasteiger partial charge < -0.3 is 5.32 Å². The Morgan fingerprint density at radius 3 is 2.75 bits per heavy atom. The molecular formula is C13H19ClN2. The van der Waals surface area contributed by atoms with E-state index in [1.54, 1.807) is 0 Å². The Morgan fingerprint density at radius 1 is 1.50 bits per heavy atom. The van der Waals surface area contributed by atoms with E-state index in [-0.39, 0.29) is 0 Å². The van der Waals surface area contributed by atoms with Gasteiger partial charge in [-0.1, -0.05) is 30.7 Å². The van der Waals surface area contributed by atoms with E-state index in [4.69, 9.17) is 11.6 Å². The fourth-order valence-corrected chi connectivity index (χ4v) is 2.51. The Balaban J connectivity index is 2.12. The maximum atomic E-state index is 6.03. The molecule has 0 aliphatic carbocycles. The summed E-state index contributed by atoms with van der Waals surface area (Å²) < 4.78 is 0. The number of likely N-dealkylation sites (N-methyl/N-ethyl adjacent to an activating group) is 1. The van der Waals surface area contributed by atoms with Crippen molar-refractivity contribution in [3.8, 4) is 0 Å². The van der Waals surface area contributed by atoms with E-state index in [0.29, 0.717) is 12.1 Å². The molecule has 0 spiro atoms. The number of rotatable bonds is 4. The van der Waals surface area contributed by atoms with Crippen molar-refractivity contribution in [1.82, 2.24) is 10.2 Å². The quantitative estimate of drug-likeness (QED) is 0.868. The van der Waals surface area contributed by atoms with Gasteiger partial charge in [0.25, 0.3) is 0 Å². The normalized spacial score (nSPS) is 18.5. The molecule has 1 aromatic carbocycles. The van der Waals surface area contributed by atoms with E-state index >= 15 is 0 Å². The first kappa shape index (κ1) is 11.9. The molecule has 1 aliphatic heterocycles.